The van der Waals surface area contributed by atoms with Gasteiger partial charge < -0.3 is 16.0 Å². The highest BCUT2D eigenvalue weighted by atomic mass is 35.5. The smallest absolute Gasteiger partial charge is 0.220 e. The Morgan fingerprint density at radius 2 is 1.83 bits per heavy atom. The molecule has 1 rings (SSSR count). The summed E-state index contributed by atoms with van der Waals surface area (Å²) in [4.78, 5) is 13.7. The summed E-state index contributed by atoms with van der Waals surface area (Å²) in [6.45, 7) is 1.71. The van der Waals surface area contributed by atoms with Gasteiger partial charge in [0.05, 0.1) is 0 Å². The minimum absolute atomic E-state index is 0. The molecule has 1 aromatic rings. The number of hydrogen-bond acceptors (Lipinski definition) is 3. The van der Waals surface area contributed by atoms with Crippen LogP contribution in [0.1, 0.15) is 43.2 Å². The Hall–Kier alpha value is -0.880. The zero-order chi connectivity index (χ0) is 16.4. The molecule has 4 nitrogen and oxygen atoms in total. The molecule has 24 heavy (non-hydrogen) atoms. The number of nitrogens with zero attached hydrogens (tertiary/aromatic N) is 1. The zero-order valence-corrected chi connectivity index (χ0v) is 16.1. The second kappa shape index (κ2) is 14.5. The number of halogens is 3. The molecule has 1 amide bonds. The van der Waals surface area contributed by atoms with Crippen LogP contribution in [0.25, 0.3) is 0 Å². The van der Waals surface area contributed by atoms with Crippen LogP contribution in [-0.4, -0.2) is 31.4 Å². The Kier molecular flexibility index (Phi) is 15.3. The first kappa shape index (κ1) is 25.4. The number of unbranched alkanes of at least 4 members (excludes halogenated alkanes) is 3. The summed E-state index contributed by atoms with van der Waals surface area (Å²) < 4.78 is 13.7. The number of nitrogens with two attached hydrogens (primary N) is 1. The Balaban J connectivity index is 0. The molecule has 7 heteroatoms. The highest BCUT2D eigenvalue weighted by Crippen LogP contribution is 2.12. The molecule has 0 spiro atoms. The minimum atomic E-state index is -0.205. The highest BCUT2D eigenvalue weighted by Gasteiger charge is 2.06. The first-order chi connectivity index (χ1) is 10.5. The summed E-state index contributed by atoms with van der Waals surface area (Å²) >= 11 is 0. The van der Waals surface area contributed by atoms with Crippen LogP contribution in [0.3, 0.4) is 0 Å². The van der Waals surface area contributed by atoms with Crippen LogP contribution in [0.5, 0.6) is 0 Å². The van der Waals surface area contributed by atoms with Gasteiger partial charge in [0.15, 0.2) is 0 Å². The summed E-state index contributed by atoms with van der Waals surface area (Å²) in [5, 5.41) is 2.89. The fourth-order valence-electron chi connectivity index (χ4n) is 2.27. The standard InChI is InChI=1S/C17H28FN3O.2ClH/c1-21(2)13-15-11-14(8-9-16(15)18)12-20-17(22)7-5-3-4-6-10-19;;/h8-9,11H,3-7,10,12-13,19H2,1-2H3,(H,20,22);2*1H. The van der Waals surface area contributed by atoms with E-state index < -0.39 is 0 Å². The van der Waals surface area contributed by atoms with Crippen LogP contribution in [0.15, 0.2) is 18.2 Å². The van der Waals surface area contributed by atoms with Crippen LogP contribution in [-0.2, 0) is 17.9 Å². The number of nitrogens with one attached hydrogen (secondary N) is 1. The van der Waals surface area contributed by atoms with Crippen molar-refractivity contribution in [3.05, 3.63) is 35.1 Å². The average Bonchev–Trinajstić information content (AvgIpc) is 2.47. The molecule has 0 saturated heterocycles. The Morgan fingerprint density at radius 1 is 1.17 bits per heavy atom. The van der Waals surface area contributed by atoms with Crippen LogP contribution in [0.4, 0.5) is 4.39 Å². The monoisotopic (exact) mass is 381 g/mol. The quantitative estimate of drug-likeness (QED) is 0.611. The van der Waals surface area contributed by atoms with Crippen molar-refractivity contribution in [2.75, 3.05) is 20.6 Å². The van der Waals surface area contributed by atoms with E-state index in [2.05, 4.69) is 5.32 Å². The van der Waals surface area contributed by atoms with E-state index in [1.807, 2.05) is 25.1 Å². The lowest BCUT2D eigenvalue weighted by Crippen LogP contribution is -2.22. The lowest BCUT2D eigenvalue weighted by molar-refractivity contribution is -0.121. The topological polar surface area (TPSA) is 58.4 Å². The normalized spacial score (nSPS) is 10.0. The van der Waals surface area contributed by atoms with E-state index >= 15 is 0 Å². The first-order valence-electron chi connectivity index (χ1n) is 7.91. The van der Waals surface area contributed by atoms with Crippen LogP contribution in [0, 0.1) is 5.82 Å². The molecule has 0 aliphatic rings. The fourth-order valence-corrected chi connectivity index (χ4v) is 2.27. The summed E-state index contributed by atoms with van der Waals surface area (Å²) in [5.74, 6) is -0.157. The van der Waals surface area contributed by atoms with Crippen molar-refractivity contribution in [1.82, 2.24) is 10.2 Å². The number of rotatable bonds is 10. The van der Waals surface area contributed by atoms with Crippen molar-refractivity contribution < 1.29 is 9.18 Å². The Labute approximate surface area is 157 Å². The maximum Gasteiger partial charge on any atom is 0.220 e. The molecule has 1 aromatic carbocycles. The van der Waals surface area contributed by atoms with E-state index in [1.54, 1.807) is 6.07 Å². The van der Waals surface area contributed by atoms with E-state index in [-0.39, 0.29) is 36.5 Å². The van der Waals surface area contributed by atoms with Gasteiger partial charge in [0, 0.05) is 25.1 Å². The van der Waals surface area contributed by atoms with E-state index in [9.17, 15) is 9.18 Å². The number of hydrogen-bond donors (Lipinski definition) is 2. The molecule has 0 bridgehead atoms. The SMILES string of the molecule is CN(C)Cc1cc(CNC(=O)CCCCCCN)ccc1F.Cl.Cl. The number of amides is 1. The molecule has 0 aliphatic carbocycles. The van der Waals surface area contributed by atoms with Crippen LogP contribution in [0.2, 0.25) is 0 Å². The lowest BCUT2D eigenvalue weighted by Gasteiger charge is -2.12. The van der Waals surface area contributed by atoms with E-state index in [4.69, 9.17) is 5.73 Å². The van der Waals surface area contributed by atoms with Crippen LogP contribution >= 0.6 is 24.8 Å². The fraction of sp³-hybridized carbons (Fsp3) is 0.588. The minimum Gasteiger partial charge on any atom is -0.352 e. The predicted octanol–water partition coefficient (Wildman–Crippen LogP) is 3.26. The van der Waals surface area contributed by atoms with E-state index in [0.717, 1.165) is 31.2 Å². The molecule has 0 aliphatic heterocycles. The summed E-state index contributed by atoms with van der Waals surface area (Å²) in [7, 11) is 3.80. The summed E-state index contributed by atoms with van der Waals surface area (Å²) in [5.41, 5.74) is 7.00. The highest BCUT2D eigenvalue weighted by molar-refractivity contribution is 5.85. The third-order valence-corrected chi connectivity index (χ3v) is 3.44. The molecule has 0 fully saturated rings. The number of benzene rings is 1. The summed E-state index contributed by atoms with van der Waals surface area (Å²) in [6.07, 6.45) is 4.56. The maximum atomic E-state index is 13.7. The second-order valence-electron chi connectivity index (χ2n) is 5.89. The molecule has 0 heterocycles. The van der Waals surface area contributed by atoms with Gasteiger partial charge in [-0.15, -0.1) is 24.8 Å². The van der Waals surface area contributed by atoms with Gasteiger partial charge in [-0.2, -0.15) is 0 Å². The van der Waals surface area contributed by atoms with Crippen molar-refractivity contribution in [2.45, 2.75) is 45.2 Å². The largest absolute Gasteiger partial charge is 0.352 e. The number of carbonyl (C=O) groups excluding carboxylic acids is 1. The molecule has 0 radical (unpaired) electrons. The van der Waals surface area contributed by atoms with Gasteiger partial charge >= 0.3 is 0 Å². The third-order valence-electron chi connectivity index (χ3n) is 3.44. The zero-order valence-electron chi connectivity index (χ0n) is 14.5. The lowest BCUT2D eigenvalue weighted by atomic mass is 10.1. The molecular weight excluding hydrogens is 352 g/mol. The van der Waals surface area contributed by atoms with E-state index in [1.165, 1.54) is 6.07 Å². The second-order valence-corrected chi connectivity index (χ2v) is 5.89. The van der Waals surface area contributed by atoms with Gasteiger partial charge in [0.2, 0.25) is 5.91 Å². The maximum absolute atomic E-state index is 13.7. The van der Waals surface area contributed by atoms with Crippen molar-refractivity contribution in [2.24, 2.45) is 5.73 Å². The van der Waals surface area contributed by atoms with E-state index in [0.29, 0.717) is 31.6 Å². The van der Waals surface area contributed by atoms with Gasteiger partial charge in [-0.25, -0.2) is 4.39 Å². The third kappa shape index (κ3) is 10.8. The predicted molar refractivity (Wildman–Crippen MR) is 102 cm³/mol. The van der Waals surface area contributed by atoms with Gasteiger partial charge in [0.25, 0.3) is 0 Å². The molecule has 3 N–H and O–H groups in total. The molecule has 0 unspecified atom stereocenters. The van der Waals surface area contributed by atoms with Crippen LogP contribution < -0.4 is 11.1 Å². The van der Waals surface area contributed by atoms with Crippen molar-refractivity contribution >= 4 is 30.7 Å². The molecular formula is C17H30Cl2FN3O. The Morgan fingerprint density at radius 3 is 2.46 bits per heavy atom. The van der Waals surface area contributed by atoms with Gasteiger partial charge in [-0.05, 0) is 51.2 Å². The number of carbonyl (C=O) groups is 1. The first-order valence-corrected chi connectivity index (χ1v) is 7.91. The van der Waals surface area contributed by atoms with Gasteiger partial charge in [-0.3, -0.25) is 4.79 Å². The van der Waals surface area contributed by atoms with Crippen molar-refractivity contribution in [3.63, 3.8) is 0 Å². The molecule has 0 saturated carbocycles. The Bertz CT molecular complexity index is 473. The summed E-state index contributed by atoms with van der Waals surface area (Å²) in [6, 6.07) is 5.00. The van der Waals surface area contributed by atoms with Crippen molar-refractivity contribution in [3.8, 4) is 0 Å². The van der Waals surface area contributed by atoms with Crippen molar-refractivity contribution in [1.29, 1.82) is 0 Å². The molecule has 0 atom stereocenters. The van der Waals surface area contributed by atoms with Gasteiger partial charge in [0.1, 0.15) is 5.82 Å². The molecule has 0 aromatic heterocycles. The van der Waals surface area contributed by atoms with Gasteiger partial charge in [-0.1, -0.05) is 18.9 Å². The average molecular weight is 382 g/mol. The molecule has 140 valence electrons.